The Bertz CT molecular complexity index is 935. The molecule has 1 heterocycles. The molecule has 3 aliphatic rings. The van der Waals surface area contributed by atoms with Crippen molar-refractivity contribution in [3.8, 4) is 5.75 Å². The van der Waals surface area contributed by atoms with Crippen LogP contribution in [0.15, 0.2) is 18.2 Å². The van der Waals surface area contributed by atoms with Crippen LogP contribution < -0.4 is 4.74 Å². The molecular formula is C31H47NO6. The summed E-state index contributed by atoms with van der Waals surface area (Å²) in [6.45, 7) is 3.05. The Morgan fingerprint density at radius 3 is 2.76 bits per heavy atom. The van der Waals surface area contributed by atoms with Crippen LogP contribution in [0.1, 0.15) is 82.3 Å². The minimum atomic E-state index is -0.392. The largest absolute Gasteiger partial charge is 0.482 e. The van der Waals surface area contributed by atoms with Gasteiger partial charge in [0.25, 0.3) is 0 Å². The molecule has 7 heteroatoms. The van der Waals surface area contributed by atoms with Gasteiger partial charge in [-0.2, -0.15) is 0 Å². The number of carbonyl (C=O) groups excluding carboxylic acids is 2. The van der Waals surface area contributed by atoms with Crippen LogP contribution >= 0.6 is 0 Å². The van der Waals surface area contributed by atoms with Crippen LogP contribution in [0.25, 0.3) is 0 Å². The van der Waals surface area contributed by atoms with E-state index >= 15 is 0 Å². The zero-order chi connectivity index (χ0) is 27.1. The number of rotatable bonds is 12. The summed E-state index contributed by atoms with van der Waals surface area (Å²) in [6, 6.07) is 5.93. The van der Waals surface area contributed by atoms with Crippen molar-refractivity contribution in [3.05, 3.63) is 29.3 Å². The minimum Gasteiger partial charge on any atom is -0.482 e. The van der Waals surface area contributed by atoms with Gasteiger partial charge >= 0.3 is 11.9 Å². The van der Waals surface area contributed by atoms with Crippen molar-refractivity contribution in [3.63, 3.8) is 0 Å². The number of hydrogen-bond acceptors (Lipinski definition) is 7. The van der Waals surface area contributed by atoms with Gasteiger partial charge in [0.1, 0.15) is 17.9 Å². The fourth-order valence-corrected chi connectivity index (χ4v) is 7.01. The number of fused-ring (bicyclic) bond motifs is 2. The number of carbonyl (C=O) groups is 2. The number of likely N-dealkylation sites (N-methyl/N-ethyl adjacent to an activating group) is 1. The molecule has 0 aromatic heterocycles. The summed E-state index contributed by atoms with van der Waals surface area (Å²) in [6.07, 6.45) is 11.2. The Morgan fingerprint density at radius 2 is 2.00 bits per heavy atom. The van der Waals surface area contributed by atoms with Crippen LogP contribution in [0, 0.1) is 17.8 Å². The Kier molecular flexibility index (Phi) is 10.5. The summed E-state index contributed by atoms with van der Waals surface area (Å²) < 4.78 is 16.7. The zero-order valence-electron chi connectivity index (χ0n) is 23.5. The van der Waals surface area contributed by atoms with Gasteiger partial charge in [0.2, 0.25) is 0 Å². The number of aliphatic hydroxyl groups excluding tert-OH is 1. The number of aliphatic hydroxyl groups is 1. The third-order valence-electron chi connectivity index (χ3n) is 9.20. The predicted molar refractivity (Wildman–Crippen MR) is 146 cm³/mol. The van der Waals surface area contributed by atoms with E-state index in [1.165, 1.54) is 12.7 Å². The van der Waals surface area contributed by atoms with Gasteiger partial charge in [-0.05, 0) is 106 Å². The summed E-state index contributed by atoms with van der Waals surface area (Å²) in [5, 5.41) is 11.1. The highest BCUT2D eigenvalue weighted by atomic mass is 16.6. The first-order valence-electron chi connectivity index (χ1n) is 14.8. The minimum absolute atomic E-state index is 0.0652. The number of likely N-dealkylation sites (tertiary alicyclic amines) is 1. The Morgan fingerprint density at radius 1 is 1.16 bits per heavy atom. The predicted octanol–water partition coefficient (Wildman–Crippen LogP) is 4.71. The van der Waals surface area contributed by atoms with E-state index in [4.69, 9.17) is 14.2 Å². The number of nitrogens with zero attached hydrogens (tertiary/aromatic N) is 1. The Hall–Kier alpha value is -2.12. The van der Waals surface area contributed by atoms with Crippen LogP contribution in [0.3, 0.4) is 0 Å². The molecule has 1 unspecified atom stereocenters. The number of hydrogen-bond donors (Lipinski definition) is 1. The fraction of sp³-hybridized carbons (Fsp3) is 0.742. The maximum Gasteiger partial charge on any atom is 0.343 e. The van der Waals surface area contributed by atoms with E-state index in [0.717, 1.165) is 94.9 Å². The second-order valence-electron chi connectivity index (χ2n) is 11.7. The lowest BCUT2D eigenvalue weighted by molar-refractivity contribution is -0.157. The molecule has 1 saturated carbocycles. The second-order valence-corrected chi connectivity index (χ2v) is 11.7. The fourth-order valence-electron chi connectivity index (χ4n) is 7.01. The van der Waals surface area contributed by atoms with Gasteiger partial charge < -0.3 is 19.3 Å². The molecule has 7 nitrogen and oxygen atoms in total. The first kappa shape index (κ1) is 28.9. The topological polar surface area (TPSA) is 85.3 Å². The number of piperidine rings is 1. The molecule has 2 aliphatic carbocycles. The third kappa shape index (κ3) is 7.09. The zero-order valence-corrected chi connectivity index (χ0v) is 23.5. The van der Waals surface area contributed by atoms with Gasteiger partial charge in [0.05, 0.1) is 13.2 Å². The molecule has 212 valence electrons. The summed E-state index contributed by atoms with van der Waals surface area (Å²) in [7, 11) is 3.39. The van der Waals surface area contributed by atoms with E-state index in [1.807, 2.05) is 19.2 Å². The number of methoxy groups -OCH3 is 1. The monoisotopic (exact) mass is 529 g/mol. The van der Waals surface area contributed by atoms with Crippen molar-refractivity contribution in [2.45, 2.75) is 102 Å². The third-order valence-corrected chi connectivity index (χ3v) is 9.20. The maximum absolute atomic E-state index is 13.1. The molecule has 1 saturated heterocycles. The molecule has 4 rings (SSSR count). The first-order chi connectivity index (χ1) is 18.4. The van der Waals surface area contributed by atoms with Crippen LogP contribution in [-0.4, -0.2) is 67.5 Å². The van der Waals surface area contributed by atoms with Gasteiger partial charge in [-0.25, -0.2) is 4.79 Å². The average Bonchev–Trinajstić information content (AvgIpc) is 3.22. The number of benzene rings is 1. The highest BCUT2D eigenvalue weighted by Crippen LogP contribution is 2.48. The summed E-state index contributed by atoms with van der Waals surface area (Å²) in [5.41, 5.74) is 2.41. The van der Waals surface area contributed by atoms with E-state index in [9.17, 15) is 14.7 Å². The van der Waals surface area contributed by atoms with E-state index < -0.39 is 5.97 Å². The molecule has 0 spiro atoms. The van der Waals surface area contributed by atoms with Crippen LogP contribution in [0.5, 0.6) is 5.75 Å². The van der Waals surface area contributed by atoms with Crippen molar-refractivity contribution >= 4 is 11.9 Å². The molecule has 1 N–H and O–H groups in total. The average molecular weight is 530 g/mol. The van der Waals surface area contributed by atoms with Crippen molar-refractivity contribution in [1.82, 2.24) is 4.90 Å². The molecule has 1 aromatic rings. The van der Waals surface area contributed by atoms with Gasteiger partial charge in [-0.15, -0.1) is 0 Å². The Labute approximate surface area is 228 Å². The lowest BCUT2D eigenvalue weighted by Gasteiger charge is -2.34. The van der Waals surface area contributed by atoms with Crippen LogP contribution in [0.4, 0.5) is 0 Å². The lowest BCUT2D eigenvalue weighted by Crippen LogP contribution is -2.44. The molecule has 1 aliphatic heterocycles. The van der Waals surface area contributed by atoms with Crippen LogP contribution in [0.2, 0.25) is 0 Å². The molecule has 0 radical (unpaired) electrons. The molecule has 1 aromatic carbocycles. The van der Waals surface area contributed by atoms with E-state index in [-0.39, 0.29) is 36.7 Å². The first-order valence-corrected chi connectivity index (χ1v) is 14.8. The van der Waals surface area contributed by atoms with E-state index in [1.54, 1.807) is 0 Å². The molecule has 6 atom stereocenters. The van der Waals surface area contributed by atoms with Crippen LogP contribution in [-0.2, 0) is 31.9 Å². The summed E-state index contributed by atoms with van der Waals surface area (Å²) in [4.78, 5) is 26.8. The SMILES string of the molecule is CCCCC[C@@H](CC[C@@H]1[C@H]2Cc3cccc(OCC(=O)OC)c3C[C@H]2C[C@H]1O)OC(=O)C1CCCCN1C. The van der Waals surface area contributed by atoms with Gasteiger partial charge in [0, 0.05) is 0 Å². The summed E-state index contributed by atoms with van der Waals surface area (Å²) in [5.74, 6) is 1.30. The second kappa shape index (κ2) is 13.8. The maximum atomic E-state index is 13.1. The Balaban J connectivity index is 1.39. The normalized spacial score (nSPS) is 27.7. The molecular weight excluding hydrogens is 482 g/mol. The molecule has 38 heavy (non-hydrogen) atoms. The highest BCUT2D eigenvalue weighted by molar-refractivity contribution is 5.76. The van der Waals surface area contributed by atoms with Crippen molar-refractivity contribution in [2.24, 2.45) is 17.8 Å². The van der Waals surface area contributed by atoms with Gasteiger partial charge in [0.15, 0.2) is 6.61 Å². The van der Waals surface area contributed by atoms with Crippen molar-refractivity contribution in [1.29, 1.82) is 0 Å². The van der Waals surface area contributed by atoms with Crippen molar-refractivity contribution in [2.75, 3.05) is 27.3 Å². The standard InChI is InChI=1S/C31H47NO6/c1-4-5-6-11-23(38-31(35)27-12-7-8-16-32(27)2)14-15-24-25-17-21-10-9-13-29(37-20-30(34)36-3)26(21)18-22(25)19-28(24)33/h9-10,13,22-25,27-28,33H,4-8,11-12,14-20H2,1-3H3/t22-,23-,24+,25-,27?,28+/m0/s1. The van der Waals surface area contributed by atoms with Gasteiger partial charge in [-0.1, -0.05) is 38.3 Å². The summed E-state index contributed by atoms with van der Waals surface area (Å²) >= 11 is 0. The smallest absolute Gasteiger partial charge is 0.343 e. The number of ether oxygens (including phenoxy) is 3. The highest BCUT2D eigenvalue weighted by Gasteiger charge is 2.45. The lowest BCUT2D eigenvalue weighted by atomic mass is 9.73. The van der Waals surface area contributed by atoms with E-state index in [2.05, 4.69) is 17.9 Å². The molecule has 0 amide bonds. The quantitative estimate of drug-likeness (QED) is 0.310. The van der Waals surface area contributed by atoms with Crippen molar-refractivity contribution < 1.29 is 28.9 Å². The molecule has 0 bridgehead atoms. The van der Waals surface area contributed by atoms with E-state index in [0.29, 0.717) is 11.8 Å². The number of unbranched alkanes of at least 4 members (excludes halogenated alkanes) is 2. The molecule has 2 fully saturated rings. The number of esters is 2. The van der Waals surface area contributed by atoms with Gasteiger partial charge in [-0.3, -0.25) is 9.69 Å².